The SMILES string of the molecule is O=C(Nc1cccc(S(=O)(=O)N2CCCCC2)c1)c1ccc2c(c1)CCCS2. The molecule has 0 aliphatic carbocycles. The number of nitrogens with one attached hydrogen (secondary N) is 1. The van der Waals surface area contributed by atoms with Crippen LogP contribution in [0.1, 0.15) is 41.6 Å². The molecule has 2 aromatic carbocycles. The number of sulfonamides is 1. The first kappa shape index (κ1) is 19.5. The molecule has 1 saturated heterocycles. The highest BCUT2D eigenvalue weighted by molar-refractivity contribution is 7.99. The zero-order valence-electron chi connectivity index (χ0n) is 15.7. The fraction of sp³-hybridized carbons (Fsp3) is 0.381. The summed E-state index contributed by atoms with van der Waals surface area (Å²) in [7, 11) is -3.52. The molecule has 0 atom stereocenters. The Labute approximate surface area is 170 Å². The molecule has 5 nitrogen and oxygen atoms in total. The van der Waals surface area contributed by atoms with E-state index < -0.39 is 10.0 Å². The molecule has 28 heavy (non-hydrogen) atoms. The van der Waals surface area contributed by atoms with Crippen LogP contribution < -0.4 is 5.32 Å². The summed E-state index contributed by atoms with van der Waals surface area (Å²) in [5, 5.41) is 2.85. The van der Waals surface area contributed by atoms with Crippen molar-refractivity contribution < 1.29 is 13.2 Å². The molecular formula is C21H24N2O3S2. The lowest BCUT2D eigenvalue weighted by Gasteiger charge is -2.26. The lowest BCUT2D eigenvalue weighted by molar-refractivity contribution is 0.102. The second-order valence-electron chi connectivity index (χ2n) is 7.22. The van der Waals surface area contributed by atoms with E-state index in [0.717, 1.165) is 37.9 Å². The van der Waals surface area contributed by atoms with Crippen LogP contribution in [0.25, 0.3) is 0 Å². The summed E-state index contributed by atoms with van der Waals surface area (Å²) in [6.45, 7) is 1.12. The average molecular weight is 417 g/mol. The van der Waals surface area contributed by atoms with Crippen LogP contribution in [0.3, 0.4) is 0 Å². The van der Waals surface area contributed by atoms with E-state index in [1.807, 2.05) is 30.0 Å². The monoisotopic (exact) mass is 416 g/mol. The fourth-order valence-corrected chi connectivity index (χ4v) is 6.28. The molecule has 0 aromatic heterocycles. The number of rotatable bonds is 4. The van der Waals surface area contributed by atoms with Crippen molar-refractivity contribution in [3.05, 3.63) is 53.6 Å². The molecule has 2 aliphatic heterocycles. The zero-order chi connectivity index (χ0) is 19.6. The Morgan fingerprint density at radius 3 is 2.64 bits per heavy atom. The highest BCUT2D eigenvalue weighted by Crippen LogP contribution is 2.31. The van der Waals surface area contributed by atoms with Crippen molar-refractivity contribution in [2.75, 3.05) is 24.2 Å². The molecule has 0 unspecified atom stereocenters. The van der Waals surface area contributed by atoms with Gasteiger partial charge in [0.2, 0.25) is 10.0 Å². The van der Waals surface area contributed by atoms with Crippen molar-refractivity contribution in [2.45, 2.75) is 41.9 Å². The maximum absolute atomic E-state index is 12.9. The van der Waals surface area contributed by atoms with Crippen LogP contribution in [0.2, 0.25) is 0 Å². The number of hydrogen-bond acceptors (Lipinski definition) is 4. The lowest BCUT2D eigenvalue weighted by Crippen LogP contribution is -2.35. The number of aryl methyl sites for hydroxylation is 1. The number of thioether (sulfide) groups is 1. The molecule has 1 N–H and O–H groups in total. The number of nitrogens with zero attached hydrogens (tertiary/aromatic N) is 1. The van der Waals surface area contributed by atoms with E-state index in [2.05, 4.69) is 5.32 Å². The van der Waals surface area contributed by atoms with Crippen LogP contribution in [0.15, 0.2) is 52.3 Å². The van der Waals surface area contributed by atoms with E-state index in [1.54, 1.807) is 28.6 Å². The van der Waals surface area contributed by atoms with Crippen LogP contribution in [0.5, 0.6) is 0 Å². The molecule has 7 heteroatoms. The van der Waals surface area contributed by atoms with Gasteiger partial charge in [0, 0.05) is 29.2 Å². The van der Waals surface area contributed by atoms with Crippen LogP contribution >= 0.6 is 11.8 Å². The number of hydrogen-bond donors (Lipinski definition) is 1. The number of carbonyl (C=O) groups excluding carboxylic acids is 1. The minimum atomic E-state index is -3.52. The lowest BCUT2D eigenvalue weighted by atomic mass is 10.1. The van der Waals surface area contributed by atoms with Gasteiger partial charge in [0.05, 0.1) is 4.90 Å². The Hall–Kier alpha value is -1.83. The van der Waals surface area contributed by atoms with Crippen LogP contribution in [-0.2, 0) is 16.4 Å². The summed E-state index contributed by atoms with van der Waals surface area (Å²) in [4.78, 5) is 14.2. The van der Waals surface area contributed by atoms with E-state index in [9.17, 15) is 13.2 Å². The topological polar surface area (TPSA) is 66.5 Å². The summed E-state index contributed by atoms with van der Waals surface area (Å²) in [5.74, 6) is 0.905. The van der Waals surface area contributed by atoms with Crippen molar-refractivity contribution in [1.82, 2.24) is 4.31 Å². The van der Waals surface area contributed by atoms with Gasteiger partial charge in [-0.3, -0.25) is 4.79 Å². The quantitative estimate of drug-likeness (QED) is 0.813. The molecule has 0 spiro atoms. The summed E-state index contributed by atoms with van der Waals surface area (Å²) in [6, 6.07) is 12.3. The Balaban J connectivity index is 1.52. The molecule has 0 bridgehead atoms. The van der Waals surface area contributed by atoms with Crippen LogP contribution in [0, 0.1) is 0 Å². The molecule has 2 aliphatic rings. The van der Waals surface area contributed by atoms with E-state index >= 15 is 0 Å². The van der Waals surface area contributed by atoms with Crippen molar-refractivity contribution in [3.63, 3.8) is 0 Å². The molecule has 148 valence electrons. The van der Waals surface area contributed by atoms with Gasteiger partial charge in [-0.2, -0.15) is 4.31 Å². The third-order valence-electron chi connectivity index (χ3n) is 5.22. The molecule has 2 aromatic rings. The third kappa shape index (κ3) is 4.11. The van der Waals surface area contributed by atoms with E-state index in [4.69, 9.17) is 0 Å². The highest BCUT2D eigenvalue weighted by Gasteiger charge is 2.26. The van der Waals surface area contributed by atoms with Gasteiger partial charge >= 0.3 is 0 Å². The Kier molecular flexibility index (Phi) is 5.75. The van der Waals surface area contributed by atoms with Gasteiger partial charge in [-0.15, -0.1) is 11.8 Å². The second-order valence-corrected chi connectivity index (χ2v) is 10.3. The zero-order valence-corrected chi connectivity index (χ0v) is 17.3. The second kappa shape index (κ2) is 8.27. The number of benzene rings is 2. The average Bonchev–Trinajstić information content (AvgIpc) is 2.74. The number of anilines is 1. The maximum atomic E-state index is 12.9. The summed E-state index contributed by atoms with van der Waals surface area (Å²) < 4.78 is 27.3. The van der Waals surface area contributed by atoms with Crippen molar-refractivity contribution in [2.24, 2.45) is 0 Å². The predicted molar refractivity (Wildman–Crippen MR) is 112 cm³/mol. The predicted octanol–water partition coefficient (Wildman–Crippen LogP) is 4.15. The van der Waals surface area contributed by atoms with E-state index in [0.29, 0.717) is 24.3 Å². The van der Waals surface area contributed by atoms with Crippen molar-refractivity contribution in [1.29, 1.82) is 0 Å². The Morgan fingerprint density at radius 1 is 1.00 bits per heavy atom. The molecule has 1 amide bonds. The first-order valence-corrected chi connectivity index (χ1v) is 12.1. The van der Waals surface area contributed by atoms with Gasteiger partial charge in [0.15, 0.2) is 0 Å². The summed E-state index contributed by atoms with van der Waals surface area (Å²) in [5.41, 5.74) is 2.31. The number of fused-ring (bicyclic) bond motifs is 1. The van der Waals surface area contributed by atoms with Crippen molar-refractivity contribution >= 4 is 33.4 Å². The van der Waals surface area contributed by atoms with Gasteiger partial charge in [0.1, 0.15) is 0 Å². The third-order valence-corrected chi connectivity index (χ3v) is 8.31. The molecule has 0 saturated carbocycles. The van der Waals surface area contributed by atoms with Gasteiger partial charge in [0.25, 0.3) is 5.91 Å². The number of piperidine rings is 1. The first-order chi connectivity index (χ1) is 13.5. The molecule has 0 radical (unpaired) electrons. The van der Waals surface area contributed by atoms with Gasteiger partial charge in [-0.25, -0.2) is 8.42 Å². The summed E-state index contributed by atoms with van der Waals surface area (Å²) >= 11 is 1.83. The highest BCUT2D eigenvalue weighted by atomic mass is 32.2. The van der Waals surface area contributed by atoms with Crippen LogP contribution in [-0.4, -0.2) is 37.5 Å². The molecule has 1 fully saturated rings. The van der Waals surface area contributed by atoms with Gasteiger partial charge in [-0.1, -0.05) is 12.5 Å². The van der Waals surface area contributed by atoms with Crippen LogP contribution in [0.4, 0.5) is 5.69 Å². The molecule has 2 heterocycles. The Bertz CT molecular complexity index is 983. The van der Waals surface area contributed by atoms with Crippen molar-refractivity contribution in [3.8, 4) is 0 Å². The number of amides is 1. The first-order valence-electron chi connectivity index (χ1n) is 9.71. The fourth-order valence-electron chi connectivity index (χ4n) is 3.69. The molecule has 4 rings (SSSR count). The maximum Gasteiger partial charge on any atom is 0.255 e. The minimum absolute atomic E-state index is 0.217. The standard InChI is InChI=1S/C21H24N2O3S2/c24-21(17-9-10-20-16(14-17)6-5-13-27-20)22-18-7-4-8-19(15-18)28(25,26)23-11-2-1-3-12-23/h4,7-10,14-15H,1-3,5-6,11-13H2,(H,22,24). The van der Waals surface area contributed by atoms with Gasteiger partial charge in [-0.05, 0) is 73.4 Å². The number of carbonyl (C=O) groups is 1. The van der Waals surface area contributed by atoms with E-state index in [1.165, 1.54) is 10.5 Å². The minimum Gasteiger partial charge on any atom is -0.322 e. The smallest absolute Gasteiger partial charge is 0.255 e. The van der Waals surface area contributed by atoms with Gasteiger partial charge < -0.3 is 5.32 Å². The normalized spacial score (nSPS) is 17.7. The molecular weight excluding hydrogens is 392 g/mol. The summed E-state index contributed by atoms with van der Waals surface area (Å²) in [6.07, 6.45) is 4.98. The van der Waals surface area contributed by atoms with E-state index in [-0.39, 0.29) is 10.8 Å². The Morgan fingerprint density at radius 2 is 1.82 bits per heavy atom. The largest absolute Gasteiger partial charge is 0.322 e.